The van der Waals surface area contributed by atoms with Crippen molar-refractivity contribution in [2.75, 3.05) is 13.7 Å². The second-order valence-electron chi connectivity index (χ2n) is 5.09. The molecule has 1 unspecified atom stereocenters. The first-order valence-electron chi connectivity index (χ1n) is 7.10. The lowest BCUT2D eigenvalue weighted by atomic mass is 9.93. The Balaban J connectivity index is 2.50. The van der Waals surface area contributed by atoms with Gasteiger partial charge in [0.1, 0.15) is 5.75 Å². The van der Waals surface area contributed by atoms with Crippen molar-refractivity contribution in [2.45, 2.75) is 26.8 Å². The van der Waals surface area contributed by atoms with Crippen molar-refractivity contribution < 1.29 is 4.74 Å². The van der Waals surface area contributed by atoms with Crippen LogP contribution in [0.5, 0.6) is 5.75 Å². The van der Waals surface area contributed by atoms with Crippen LogP contribution in [-0.2, 0) is 0 Å². The zero-order chi connectivity index (χ0) is 14.5. The largest absolute Gasteiger partial charge is 0.496 e. The summed E-state index contributed by atoms with van der Waals surface area (Å²) in [5.41, 5.74) is 5.09. The van der Waals surface area contributed by atoms with E-state index in [1.807, 2.05) is 12.1 Å². The molecule has 2 rings (SSSR count). The van der Waals surface area contributed by atoms with Gasteiger partial charge in [-0.3, -0.25) is 0 Å². The van der Waals surface area contributed by atoms with Gasteiger partial charge in [-0.1, -0.05) is 48.9 Å². The molecular formula is C18H23NO. The second kappa shape index (κ2) is 6.58. The van der Waals surface area contributed by atoms with Crippen LogP contribution in [0.2, 0.25) is 0 Å². The van der Waals surface area contributed by atoms with Crippen LogP contribution in [0.25, 0.3) is 0 Å². The smallest absolute Gasteiger partial charge is 0.123 e. The number of nitrogens with one attached hydrogen (secondary N) is 1. The van der Waals surface area contributed by atoms with Gasteiger partial charge in [0.15, 0.2) is 0 Å². The number of rotatable bonds is 5. The molecule has 2 aromatic carbocycles. The van der Waals surface area contributed by atoms with Crippen LogP contribution in [0.1, 0.15) is 35.2 Å². The SMILES string of the molecule is CCNC(c1ccc(C)cc1C)c1ccccc1OC. The molecular weight excluding hydrogens is 246 g/mol. The van der Waals surface area contributed by atoms with Gasteiger partial charge in [-0.25, -0.2) is 0 Å². The van der Waals surface area contributed by atoms with E-state index in [2.05, 4.69) is 56.4 Å². The third-order valence-electron chi connectivity index (χ3n) is 3.59. The summed E-state index contributed by atoms with van der Waals surface area (Å²) < 4.78 is 5.52. The van der Waals surface area contributed by atoms with Crippen LogP contribution in [0.3, 0.4) is 0 Å². The Labute approximate surface area is 121 Å². The fraction of sp³-hybridized carbons (Fsp3) is 0.333. The topological polar surface area (TPSA) is 21.3 Å². The molecule has 106 valence electrons. The van der Waals surface area contributed by atoms with Gasteiger partial charge in [-0.2, -0.15) is 0 Å². The van der Waals surface area contributed by atoms with Crippen LogP contribution in [0.4, 0.5) is 0 Å². The van der Waals surface area contributed by atoms with E-state index in [1.54, 1.807) is 7.11 Å². The van der Waals surface area contributed by atoms with E-state index in [0.717, 1.165) is 12.3 Å². The number of ether oxygens (including phenoxy) is 1. The third kappa shape index (κ3) is 3.02. The van der Waals surface area contributed by atoms with Crippen molar-refractivity contribution in [3.05, 3.63) is 64.7 Å². The van der Waals surface area contributed by atoms with Crippen molar-refractivity contribution in [2.24, 2.45) is 0 Å². The summed E-state index contributed by atoms with van der Waals surface area (Å²) in [6, 6.07) is 15.0. The van der Waals surface area contributed by atoms with Gasteiger partial charge in [0, 0.05) is 5.56 Å². The Hall–Kier alpha value is -1.80. The predicted octanol–water partition coefficient (Wildman–Crippen LogP) is 4.01. The van der Waals surface area contributed by atoms with E-state index in [1.165, 1.54) is 22.3 Å². The first-order valence-corrected chi connectivity index (χ1v) is 7.10. The first-order chi connectivity index (χ1) is 9.67. The molecule has 0 spiro atoms. The Kier molecular flexibility index (Phi) is 4.80. The quantitative estimate of drug-likeness (QED) is 0.885. The maximum Gasteiger partial charge on any atom is 0.123 e. The van der Waals surface area contributed by atoms with Gasteiger partial charge < -0.3 is 10.1 Å². The monoisotopic (exact) mass is 269 g/mol. The van der Waals surface area contributed by atoms with Gasteiger partial charge in [0.2, 0.25) is 0 Å². The molecule has 2 nitrogen and oxygen atoms in total. The molecule has 0 radical (unpaired) electrons. The van der Waals surface area contributed by atoms with Crippen LogP contribution in [0.15, 0.2) is 42.5 Å². The number of para-hydroxylation sites is 1. The molecule has 0 aliphatic heterocycles. The normalized spacial score (nSPS) is 12.2. The number of hydrogen-bond acceptors (Lipinski definition) is 2. The highest BCUT2D eigenvalue weighted by Crippen LogP contribution is 2.31. The van der Waals surface area contributed by atoms with Crippen molar-refractivity contribution in [3.8, 4) is 5.75 Å². The minimum atomic E-state index is 0.164. The van der Waals surface area contributed by atoms with Crippen molar-refractivity contribution in [1.82, 2.24) is 5.32 Å². The molecule has 0 fully saturated rings. The Morgan fingerprint density at radius 1 is 1.05 bits per heavy atom. The maximum absolute atomic E-state index is 5.52. The van der Waals surface area contributed by atoms with E-state index in [-0.39, 0.29) is 6.04 Å². The van der Waals surface area contributed by atoms with Crippen LogP contribution >= 0.6 is 0 Å². The molecule has 0 heterocycles. The molecule has 1 N–H and O–H groups in total. The molecule has 0 aliphatic carbocycles. The summed E-state index contributed by atoms with van der Waals surface area (Å²) >= 11 is 0. The lowest BCUT2D eigenvalue weighted by Crippen LogP contribution is -2.23. The van der Waals surface area contributed by atoms with Gasteiger partial charge >= 0.3 is 0 Å². The van der Waals surface area contributed by atoms with E-state index in [0.29, 0.717) is 0 Å². The van der Waals surface area contributed by atoms with E-state index in [9.17, 15) is 0 Å². The van der Waals surface area contributed by atoms with Crippen LogP contribution in [0, 0.1) is 13.8 Å². The zero-order valence-corrected chi connectivity index (χ0v) is 12.7. The zero-order valence-electron chi connectivity index (χ0n) is 12.7. The fourth-order valence-corrected chi connectivity index (χ4v) is 2.65. The number of benzene rings is 2. The summed E-state index contributed by atoms with van der Waals surface area (Å²) in [5, 5.41) is 3.57. The molecule has 0 saturated heterocycles. The summed E-state index contributed by atoms with van der Waals surface area (Å²) in [5.74, 6) is 0.929. The Morgan fingerprint density at radius 2 is 1.80 bits per heavy atom. The third-order valence-corrected chi connectivity index (χ3v) is 3.59. The van der Waals surface area contributed by atoms with E-state index in [4.69, 9.17) is 4.74 Å². The molecule has 0 aliphatic rings. The second-order valence-corrected chi connectivity index (χ2v) is 5.09. The van der Waals surface area contributed by atoms with Gasteiger partial charge in [-0.15, -0.1) is 0 Å². The summed E-state index contributed by atoms with van der Waals surface area (Å²) in [7, 11) is 1.73. The minimum Gasteiger partial charge on any atom is -0.496 e. The average Bonchev–Trinajstić information content (AvgIpc) is 2.45. The molecule has 2 aromatic rings. The Morgan fingerprint density at radius 3 is 2.45 bits per heavy atom. The van der Waals surface area contributed by atoms with Crippen molar-refractivity contribution >= 4 is 0 Å². The highest BCUT2D eigenvalue weighted by atomic mass is 16.5. The van der Waals surface area contributed by atoms with E-state index >= 15 is 0 Å². The first kappa shape index (κ1) is 14.6. The number of aryl methyl sites for hydroxylation is 2. The van der Waals surface area contributed by atoms with Gasteiger partial charge in [0.25, 0.3) is 0 Å². The summed E-state index contributed by atoms with van der Waals surface area (Å²) in [6.07, 6.45) is 0. The molecule has 0 amide bonds. The minimum absolute atomic E-state index is 0.164. The molecule has 20 heavy (non-hydrogen) atoms. The van der Waals surface area contributed by atoms with Gasteiger partial charge in [-0.05, 0) is 37.6 Å². The summed E-state index contributed by atoms with van der Waals surface area (Å²) in [6.45, 7) is 7.34. The number of hydrogen-bond donors (Lipinski definition) is 1. The highest BCUT2D eigenvalue weighted by molar-refractivity contribution is 5.44. The lowest BCUT2D eigenvalue weighted by Gasteiger charge is -2.23. The molecule has 0 saturated carbocycles. The van der Waals surface area contributed by atoms with Crippen LogP contribution in [-0.4, -0.2) is 13.7 Å². The average molecular weight is 269 g/mol. The standard InChI is InChI=1S/C18H23NO/c1-5-19-18(15-11-10-13(2)12-14(15)3)16-8-6-7-9-17(16)20-4/h6-12,18-19H,5H2,1-4H3. The predicted molar refractivity (Wildman–Crippen MR) is 84.4 cm³/mol. The van der Waals surface area contributed by atoms with Crippen LogP contribution < -0.4 is 10.1 Å². The van der Waals surface area contributed by atoms with Crippen molar-refractivity contribution in [3.63, 3.8) is 0 Å². The van der Waals surface area contributed by atoms with Gasteiger partial charge in [0.05, 0.1) is 13.2 Å². The molecule has 0 aromatic heterocycles. The maximum atomic E-state index is 5.52. The van der Waals surface area contributed by atoms with E-state index < -0.39 is 0 Å². The highest BCUT2D eigenvalue weighted by Gasteiger charge is 2.18. The molecule has 2 heteroatoms. The fourth-order valence-electron chi connectivity index (χ4n) is 2.65. The Bertz CT molecular complexity index is 577. The molecule has 1 atom stereocenters. The number of methoxy groups -OCH3 is 1. The lowest BCUT2D eigenvalue weighted by molar-refractivity contribution is 0.404. The summed E-state index contributed by atoms with van der Waals surface area (Å²) in [4.78, 5) is 0. The molecule has 0 bridgehead atoms. The van der Waals surface area contributed by atoms with Crippen molar-refractivity contribution in [1.29, 1.82) is 0 Å².